The Bertz CT molecular complexity index is 413. The number of hydrogen-bond acceptors (Lipinski definition) is 4. The highest BCUT2D eigenvalue weighted by atomic mass is 19.1. The maximum atomic E-state index is 12.6. The van der Waals surface area contributed by atoms with Gasteiger partial charge in [-0.15, -0.1) is 0 Å². The monoisotopic (exact) mass is 179 g/mol. The van der Waals surface area contributed by atoms with Gasteiger partial charge in [0.15, 0.2) is 6.33 Å². The van der Waals surface area contributed by atoms with Crippen molar-refractivity contribution in [2.45, 2.75) is 0 Å². The molecule has 0 spiro atoms. The van der Waals surface area contributed by atoms with E-state index in [1.165, 1.54) is 24.5 Å². The molecule has 0 saturated carbocycles. The van der Waals surface area contributed by atoms with Gasteiger partial charge in [0.05, 0.1) is 5.56 Å². The first-order chi connectivity index (χ1) is 6.27. The molecule has 2 aromatic rings. The van der Waals surface area contributed by atoms with E-state index >= 15 is 0 Å². The Hall–Kier alpha value is -1.91. The van der Waals surface area contributed by atoms with Crippen LogP contribution in [0.2, 0.25) is 0 Å². The summed E-state index contributed by atoms with van der Waals surface area (Å²) in [5, 5.41) is 3.43. The lowest BCUT2D eigenvalue weighted by atomic mass is 10.2. The highest BCUT2D eigenvalue weighted by Crippen LogP contribution is 2.23. The maximum Gasteiger partial charge on any atom is 0.259 e. The SMILES string of the molecule is Nc1cc(F)ccc1-c1ncno1. The van der Waals surface area contributed by atoms with Crippen LogP contribution >= 0.6 is 0 Å². The van der Waals surface area contributed by atoms with Gasteiger partial charge in [0.1, 0.15) is 5.82 Å². The van der Waals surface area contributed by atoms with Gasteiger partial charge in [-0.1, -0.05) is 5.16 Å². The van der Waals surface area contributed by atoms with E-state index < -0.39 is 0 Å². The van der Waals surface area contributed by atoms with Crippen molar-refractivity contribution in [3.8, 4) is 11.5 Å². The van der Waals surface area contributed by atoms with Gasteiger partial charge in [-0.2, -0.15) is 4.98 Å². The summed E-state index contributed by atoms with van der Waals surface area (Å²) in [7, 11) is 0. The highest BCUT2D eigenvalue weighted by Gasteiger charge is 2.07. The van der Waals surface area contributed by atoms with Crippen LogP contribution in [0.4, 0.5) is 10.1 Å². The fourth-order valence-corrected chi connectivity index (χ4v) is 1.02. The zero-order valence-electron chi connectivity index (χ0n) is 6.57. The van der Waals surface area contributed by atoms with Crippen molar-refractivity contribution >= 4 is 5.69 Å². The standard InChI is InChI=1S/C8H6FN3O/c9-5-1-2-6(7(10)3-5)8-11-4-12-13-8/h1-4H,10H2. The number of nitrogens with two attached hydrogens (primary N) is 1. The minimum Gasteiger partial charge on any atom is -0.398 e. The van der Waals surface area contributed by atoms with Crippen LogP contribution in [-0.4, -0.2) is 10.1 Å². The van der Waals surface area contributed by atoms with Crippen molar-refractivity contribution in [2.75, 3.05) is 5.73 Å². The summed E-state index contributed by atoms with van der Waals surface area (Å²) in [5.74, 6) is -0.0988. The average molecular weight is 179 g/mol. The van der Waals surface area contributed by atoms with Crippen LogP contribution in [-0.2, 0) is 0 Å². The molecular formula is C8H6FN3O. The van der Waals surface area contributed by atoms with E-state index in [0.29, 0.717) is 5.56 Å². The second kappa shape index (κ2) is 2.85. The summed E-state index contributed by atoms with van der Waals surface area (Å²) in [6.45, 7) is 0. The van der Waals surface area contributed by atoms with Crippen molar-refractivity contribution < 1.29 is 8.91 Å². The first-order valence-electron chi connectivity index (χ1n) is 3.59. The number of nitrogen functional groups attached to an aromatic ring is 1. The Morgan fingerprint density at radius 2 is 2.23 bits per heavy atom. The van der Waals surface area contributed by atoms with Crippen molar-refractivity contribution in [1.29, 1.82) is 0 Å². The second-order valence-corrected chi connectivity index (χ2v) is 2.48. The van der Waals surface area contributed by atoms with Gasteiger partial charge in [0.2, 0.25) is 0 Å². The molecule has 4 nitrogen and oxygen atoms in total. The van der Waals surface area contributed by atoms with E-state index in [1.54, 1.807) is 0 Å². The second-order valence-electron chi connectivity index (χ2n) is 2.48. The quantitative estimate of drug-likeness (QED) is 0.673. The zero-order chi connectivity index (χ0) is 9.26. The van der Waals surface area contributed by atoms with Crippen molar-refractivity contribution in [1.82, 2.24) is 10.1 Å². The third-order valence-electron chi connectivity index (χ3n) is 1.61. The predicted molar refractivity (Wildman–Crippen MR) is 44.1 cm³/mol. The molecule has 0 aliphatic carbocycles. The molecule has 0 radical (unpaired) electrons. The summed E-state index contributed by atoms with van der Waals surface area (Å²) in [6.07, 6.45) is 1.26. The summed E-state index contributed by atoms with van der Waals surface area (Å²) in [6, 6.07) is 3.99. The van der Waals surface area contributed by atoms with Gasteiger partial charge in [-0.3, -0.25) is 0 Å². The van der Waals surface area contributed by atoms with Gasteiger partial charge in [-0.25, -0.2) is 4.39 Å². The van der Waals surface area contributed by atoms with Crippen LogP contribution in [0, 0.1) is 5.82 Å². The average Bonchev–Trinajstić information content (AvgIpc) is 2.56. The fourth-order valence-electron chi connectivity index (χ4n) is 1.02. The molecule has 0 amide bonds. The Morgan fingerprint density at radius 3 is 2.85 bits per heavy atom. The summed E-state index contributed by atoms with van der Waals surface area (Å²) < 4.78 is 17.4. The fraction of sp³-hybridized carbons (Fsp3) is 0. The molecule has 5 heteroatoms. The Labute approximate surface area is 73.2 Å². The van der Waals surface area contributed by atoms with Crippen molar-refractivity contribution in [3.63, 3.8) is 0 Å². The number of anilines is 1. The number of rotatable bonds is 1. The summed E-state index contributed by atoms with van der Waals surface area (Å²) >= 11 is 0. The number of aromatic nitrogens is 2. The van der Waals surface area contributed by atoms with Crippen molar-refractivity contribution in [3.05, 3.63) is 30.3 Å². The van der Waals surface area contributed by atoms with E-state index in [4.69, 9.17) is 10.3 Å². The molecule has 1 heterocycles. The van der Waals surface area contributed by atoms with Crippen LogP contribution in [0.15, 0.2) is 29.0 Å². The molecule has 0 unspecified atom stereocenters. The third kappa shape index (κ3) is 1.35. The molecular weight excluding hydrogens is 173 g/mol. The number of halogens is 1. The highest BCUT2D eigenvalue weighted by molar-refractivity contribution is 5.69. The maximum absolute atomic E-state index is 12.6. The lowest BCUT2D eigenvalue weighted by Gasteiger charge is -1.99. The molecule has 0 saturated heterocycles. The molecule has 1 aromatic carbocycles. The van der Waals surface area contributed by atoms with E-state index in [1.807, 2.05) is 0 Å². The van der Waals surface area contributed by atoms with Crippen LogP contribution in [0.5, 0.6) is 0 Å². The lowest BCUT2D eigenvalue weighted by molar-refractivity contribution is 0.430. The van der Waals surface area contributed by atoms with E-state index in [-0.39, 0.29) is 17.4 Å². The van der Waals surface area contributed by atoms with Crippen LogP contribution in [0.25, 0.3) is 11.5 Å². The molecule has 0 bridgehead atoms. The van der Waals surface area contributed by atoms with Gasteiger partial charge in [0, 0.05) is 5.69 Å². The van der Waals surface area contributed by atoms with E-state index in [9.17, 15) is 4.39 Å². The number of benzene rings is 1. The van der Waals surface area contributed by atoms with Gasteiger partial charge < -0.3 is 10.3 Å². The number of nitrogens with zero attached hydrogens (tertiary/aromatic N) is 2. The molecule has 66 valence electrons. The Morgan fingerprint density at radius 1 is 1.38 bits per heavy atom. The number of hydrogen-bond donors (Lipinski definition) is 1. The lowest BCUT2D eigenvalue weighted by Crippen LogP contribution is -1.91. The van der Waals surface area contributed by atoms with Gasteiger partial charge >= 0.3 is 0 Å². The molecule has 0 aliphatic rings. The van der Waals surface area contributed by atoms with Crippen molar-refractivity contribution in [2.24, 2.45) is 0 Å². The van der Waals surface area contributed by atoms with Crippen LogP contribution in [0.3, 0.4) is 0 Å². The predicted octanol–water partition coefficient (Wildman–Crippen LogP) is 1.46. The Balaban J connectivity index is 2.53. The Kier molecular flexibility index (Phi) is 1.70. The van der Waals surface area contributed by atoms with Crippen LogP contribution < -0.4 is 5.73 Å². The molecule has 0 atom stereocenters. The molecule has 1 aromatic heterocycles. The first kappa shape index (κ1) is 7.72. The van der Waals surface area contributed by atoms with E-state index in [0.717, 1.165) is 0 Å². The smallest absolute Gasteiger partial charge is 0.259 e. The van der Waals surface area contributed by atoms with E-state index in [2.05, 4.69) is 10.1 Å². The summed E-state index contributed by atoms with van der Waals surface area (Å²) in [4.78, 5) is 3.80. The molecule has 2 rings (SSSR count). The summed E-state index contributed by atoms with van der Waals surface area (Å²) in [5.41, 5.74) is 6.37. The molecule has 0 aliphatic heterocycles. The zero-order valence-corrected chi connectivity index (χ0v) is 6.57. The third-order valence-corrected chi connectivity index (χ3v) is 1.61. The molecule has 0 fully saturated rings. The first-order valence-corrected chi connectivity index (χ1v) is 3.59. The minimum atomic E-state index is -0.388. The molecule has 2 N–H and O–H groups in total. The van der Waals surface area contributed by atoms with Gasteiger partial charge in [0.25, 0.3) is 5.89 Å². The minimum absolute atomic E-state index is 0.282. The topological polar surface area (TPSA) is 64.9 Å². The van der Waals surface area contributed by atoms with Crippen LogP contribution in [0.1, 0.15) is 0 Å². The molecule has 13 heavy (non-hydrogen) atoms. The van der Waals surface area contributed by atoms with Gasteiger partial charge in [-0.05, 0) is 18.2 Å². The largest absolute Gasteiger partial charge is 0.398 e. The normalized spacial score (nSPS) is 10.2.